The van der Waals surface area contributed by atoms with Crippen molar-refractivity contribution in [2.75, 3.05) is 19.6 Å². The number of amides is 2. The first-order chi connectivity index (χ1) is 11.6. The molecule has 3 atom stereocenters. The highest BCUT2D eigenvalue weighted by Crippen LogP contribution is 2.53. The van der Waals surface area contributed by atoms with Gasteiger partial charge < -0.3 is 14.6 Å². The van der Waals surface area contributed by atoms with Gasteiger partial charge in [0.25, 0.3) is 0 Å². The Morgan fingerprint density at radius 2 is 2.04 bits per heavy atom. The predicted molar refractivity (Wildman–Crippen MR) is 101 cm³/mol. The van der Waals surface area contributed by atoms with E-state index in [4.69, 9.17) is 0 Å². The van der Waals surface area contributed by atoms with E-state index in [9.17, 15) is 14.4 Å². The number of carbonyl (C=O) groups is 2. The quantitative estimate of drug-likeness (QED) is 0.581. The molecule has 0 aromatic carbocycles. The van der Waals surface area contributed by atoms with Crippen molar-refractivity contribution >= 4 is 20.6 Å². The maximum Gasteiger partial charge on any atom is 0.227 e. The second-order valence-electron chi connectivity index (χ2n) is 9.70. The van der Waals surface area contributed by atoms with Crippen LogP contribution in [0.25, 0.3) is 0 Å². The zero-order chi connectivity index (χ0) is 18.5. The van der Waals surface area contributed by atoms with Crippen molar-refractivity contribution in [2.24, 2.45) is 11.8 Å². The highest BCUT2D eigenvalue weighted by atomic mass is 28.4. The first-order valence-corrected chi connectivity index (χ1v) is 12.8. The Morgan fingerprint density at radius 3 is 2.68 bits per heavy atom. The van der Waals surface area contributed by atoms with Gasteiger partial charge in [-0.3, -0.25) is 9.59 Å². The Labute approximate surface area is 152 Å². The Hall–Kier alpha value is -0.883. The maximum absolute atomic E-state index is 13.1. The number of hydrogen-bond acceptors (Lipinski definition) is 3. The largest absolute Gasteiger partial charge is 0.432 e. The Balaban J connectivity index is 1.71. The average Bonchev–Trinajstić information content (AvgIpc) is 3.12. The van der Waals surface area contributed by atoms with E-state index >= 15 is 0 Å². The van der Waals surface area contributed by atoms with Crippen LogP contribution in [-0.4, -0.2) is 60.4 Å². The SMILES string of the molecule is CC(C)(CN(C=O)C[C@H]1CC2CCCC23CCCN3C1=O)[Si](C)(C)O. The fraction of sp³-hybridized carbons (Fsp3) is 0.895. The predicted octanol–water partition coefficient (Wildman–Crippen LogP) is 2.60. The smallest absolute Gasteiger partial charge is 0.227 e. The molecule has 142 valence electrons. The molecule has 5 nitrogen and oxygen atoms in total. The highest BCUT2D eigenvalue weighted by molar-refractivity contribution is 6.73. The standard InChI is InChI=1S/C19H34N2O3Si/c1-18(2,25(3,4)24)13-20(14-22)12-15-11-16-7-5-8-19(16)9-6-10-21(19)17(15)23/h14-16,24H,5-13H2,1-4H3/t15-,16?,19?/m1/s1. The zero-order valence-corrected chi connectivity index (χ0v) is 17.3. The summed E-state index contributed by atoms with van der Waals surface area (Å²) in [7, 11) is -2.39. The van der Waals surface area contributed by atoms with Gasteiger partial charge in [-0.15, -0.1) is 0 Å². The summed E-state index contributed by atoms with van der Waals surface area (Å²) in [5, 5.41) is -0.295. The third-order valence-corrected chi connectivity index (χ3v) is 11.0. The lowest BCUT2D eigenvalue weighted by molar-refractivity contribution is -0.149. The van der Waals surface area contributed by atoms with Crippen LogP contribution < -0.4 is 0 Å². The van der Waals surface area contributed by atoms with Gasteiger partial charge in [-0.1, -0.05) is 20.3 Å². The van der Waals surface area contributed by atoms with Crippen molar-refractivity contribution in [1.82, 2.24) is 9.80 Å². The third-order valence-electron chi connectivity index (χ3n) is 7.49. The van der Waals surface area contributed by atoms with Crippen LogP contribution >= 0.6 is 0 Å². The van der Waals surface area contributed by atoms with Gasteiger partial charge in [-0.2, -0.15) is 0 Å². The van der Waals surface area contributed by atoms with E-state index in [0.717, 1.165) is 25.8 Å². The van der Waals surface area contributed by atoms with Gasteiger partial charge in [0.15, 0.2) is 8.32 Å². The van der Waals surface area contributed by atoms with Crippen LogP contribution in [0.5, 0.6) is 0 Å². The lowest BCUT2D eigenvalue weighted by atomic mass is 9.74. The second-order valence-corrected chi connectivity index (χ2v) is 14.2. The zero-order valence-electron chi connectivity index (χ0n) is 16.3. The summed E-state index contributed by atoms with van der Waals surface area (Å²) in [6.07, 6.45) is 7.73. The molecule has 0 bridgehead atoms. The summed E-state index contributed by atoms with van der Waals surface area (Å²) >= 11 is 0. The molecule has 0 aromatic heterocycles. The van der Waals surface area contributed by atoms with Gasteiger partial charge in [-0.05, 0) is 51.1 Å². The summed E-state index contributed by atoms with van der Waals surface area (Å²) in [5.74, 6) is 0.808. The molecule has 2 aliphatic heterocycles. The molecule has 25 heavy (non-hydrogen) atoms. The summed E-state index contributed by atoms with van der Waals surface area (Å²) in [4.78, 5) is 39.2. The number of hydrogen-bond donors (Lipinski definition) is 1. The molecule has 0 aromatic rings. The van der Waals surface area contributed by atoms with Gasteiger partial charge in [0.1, 0.15) is 0 Å². The fourth-order valence-electron chi connectivity index (χ4n) is 5.33. The molecule has 1 N–H and O–H groups in total. The van der Waals surface area contributed by atoms with Crippen LogP contribution in [0, 0.1) is 11.8 Å². The van der Waals surface area contributed by atoms with Crippen molar-refractivity contribution in [1.29, 1.82) is 0 Å². The summed E-state index contributed by atoms with van der Waals surface area (Å²) in [6.45, 7) is 9.81. The molecule has 6 heteroatoms. The first-order valence-electron chi connectivity index (χ1n) is 9.84. The molecular formula is C19H34N2O3Si. The first kappa shape index (κ1) is 18.9. The van der Waals surface area contributed by atoms with Crippen LogP contribution in [-0.2, 0) is 9.59 Å². The van der Waals surface area contributed by atoms with E-state index in [1.807, 2.05) is 26.9 Å². The second kappa shape index (κ2) is 6.37. The minimum absolute atomic E-state index is 0.0706. The molecule has 3 aliphatic rings. The van der Waals surface area contributed by atoms with Gasteiger partial charge in [-0.25, -0.2) is 0 Å². The van der Waals surface area contributed by atoms with Crippen molar-refractivity contribution in [3.63, 3.8) is 0 Å². The van der Waals surface area contributed by atoms with Crippen molar-refractivity contribution < 1.29 is 14.4 Å². The monoisotopic (exact) mass is 366 g/mol. The van der Waals surface area contributed by atoms with Gasteiger partial charge >= 0.3 is 0 Å². The average molecular weight is 367 g/mol. The van der Waals surface area contributed by atoms with E-state index in [2.05, 4.69) is 4.90 Å². The number of rotatable bonds is 6. The molecule has 2 saturated heterocycles. The van der Waals surface area contributed by atoms with Gasteiger partial charge in [0.05, 0.1) is 5.92 Å². The third kappa shape index (κ3) is 3.16. The molecule has 3 rings (SSSR count). The van der Waals surface area contributed by atoms with E-state index in [1.54, 1.807) is 4.90 Å². The van der Waals surface area contributed by atoms with Crippen LogP contribution in [0.2, 0.25) is 18.1 Å². The minimum Gasteiger partial charge on any atom is -0.432 e. The lowest BCUT2D eigenvalue weighted by Gasteiger charge is -2.48. The molecule has 3 fully saturated rings. The molecule has 1 saturated carbocycles. The molecule has 1 aliphatic carbocycles. The van der Waals surface area contributed by atoms with Crippen molar-refractivity contribution in [2.45, 2.75) is 76.0 Å². The normalized spacial score (nSPS) is 32.5. The number of carbonyl (C=O) groups excluding carboxylic acids is 2. The number of piperidine rings is 1. The van der Waals surface area contributed by atoms with E-state index in [-0.39, 0.29) is 22.4 Å². The number of nitrogens with zero attached hydrogens (tertiary/aromatic N) is 2. The lowest BCUT2D eigenvalue weighted by Crippen LogP contribution is -2.58. The summed E-state index contributed by atoms with van der Waals surface area (Å²) in [5.41, 5.74) is 0.152. The molecule has 2 unspecified atom stereocenters. The van der Waals surface area contributed by atoms with E-state index < -0.39 is 8.32 Å². The Kier molecular flexibility index (Phi) is 4.82. The van der Waals surface area contributed by atoms with Crippen LogP contribution in [0.1, 0.15) is 52.4 Å². The highest BCUT2D eigenvalue weighted by Gasteiger charge is 2.56. The molecule has 2 amide bonds. The van der Waals surface area contributed by atoms with Crippen molar-refractivity contribution in [3.05, 3.63) is 0 Å². The Bertz CT molecular complexity index is 541. The van der Waals surface area contributed by atoms with Crippen LogP contribution in [0.15, 0.2) is 0 Å². The molecule has 1 spiro atoms. The fourth-order valence-corrected chi connectivity index (χ4v) is 5.92. The minimum atomic E-state index is -2.39. The summed E-state index contributed by atoms with van der Waals surface area (Å²) in [6, 6.07) is 0. The van der Waals surface area contributed by atoms with Gasteiger partial charge in [0.2, 0.25) is 12.3 Å². The Morgan fingerprint density at radius 1 is 1.36 bits per heavy atom. The maximum atomic E-state index is 13.1. The molecule has 2 heterocycles. The van der Waals surface area contributed by atoms with E-state index in [1.165, 1.54) is 25.7 Å². The van der Waals surface area contributed by atoms with Crippen LogP contribution in [0.3, 0.4) is 0 Å². The van der Waals surface area contributed by atoms with E-state index in [0.29, 0.717) is 19.0 Å². The summed E-state index contributed by atoms with van der Waals surface area (Å²) < 4.78 is 0. The van der Waals surface area contributed by atoms with Crippen molar-refractivity contribution in [3.8, 4) is 0 Å². The van der Waals surface area contributed by atoms with Gasteiger partial charge in [0, 0.05) is 30.2 Å². The van der Waals surface area contributed by atoms with Crippen LogP contribution in [0.4, 0.5) is 0 Å². The topological polar surface area (TPSA) is 60.9 Å². The molecule has 0 radical (unpaired) electrons. The molecular weight excluding hydrogens is 332 g/mol.